The van der Waals surface area contributed by atoms with Gasteiger partial charge in [0.15, 0.2) is 0 Å². The van der Waals surface area contributed by atoms with E-state index in [2.05, 4.69) is 15.9 Å². The molecule has 1 aliphatic rings. The fraction of sp³-hybridized carbons (Fsp3) is 0.278. The van der Waals surface area contributed by atoms with Gasteiger partial charge in [-0.1, -0.05) is 40.2 Å². The Kier molecular flexibility index (Phi) is 5.74. The van der Waals surface area contributed by atoms with Gasteiger partial charge in [0.05, 0.1) is 11.9 Å². The second-order valence-electron chi connectivity index (χ2n) is 5.90. The Bertz CT molecular complexity index is 792. The number of benzene rings is 2. The van der Waals surface area contributed by atoms with Gasteiger partial charge in [-0.25, -0.2) is 4.67 Å². The molecule has 5 nitrogen and oxygen atoms in total. The van der Waals surface area contributed by atoms with Crippen molar-refractivity contribution in [2.75, 3.05) is 19.7 Å². The van der Waals surface area contributed by atoms with Gasteiger partial charge in [-0.2, -0.15) is 0 Å². The Balaban J connectivity index is 1.91. The summed E-state index contributed by atoms with van der Waals surface area (Å²) in [5.41, 5.74) is 2.06. The molecule has 1 fully saturated rings. The van der Waals surface area contributed by atoms with Gasteiger partial charge in [0, 0.05) is 11.0 Å². The first-order valence-corrected chi connectivity index (χ1v) is 10.4. The van der Waals surface area contributed by atoms with E-state index in [9.17, 15) is 9.36 Å². The monoisotopic (exact) mass is 423 g/mol. The average molecular weight is 424 g/mol. The average Bonchev–Trinajstić information content (AvgIpc) is 2.78. The van der Waals surface area contributed by atoms with Crippen LogP contribution in [0.4, 0.5) is 0 Å². The van der Waals surface area contributed by atoms with Gasteiger partial charge in [0.1, 0.15) is 6.54 Å². The minimum atomic E-state index is -3.35. The molecule has 1 saturated heterocycles. The van der Waals surface area contributed by atoms with Crippen molar-refractivity contribution < 1.29 is 19.0 Å². The Labute approximate surface area is 155 Å². The third kappa shape index (κ3) is 4.21. The van der Waals surface area contributed by atoms with Crippen LogP contribution in [0.3, 0.4) is 0 Å². The summed E-state index contributed by atoms with van der Waals surface area (Å²) < 4.78 is 21.6. The van der Waals surface area contributed by atoms with Crippen LogP contribution < -0.4 is 5.30 Å². The Hall–Kier alpha value is -1.46. The summed E-state index contributed by atoms with van der Waals surface area (Å²) in [7, 11) is -3.35. The van der Waals surface area contributed by atoms with Crippen LogP contribution in [-0.2, 0) is 13.9 Å². The van der Waals surface area contributed by atoms with Crippen molar-refractivity contribution >= 4 is 34.7 Å². The zero-order chi connectivity index (χ0) is 17.9. The molecule has 1 unspecified atom stereocenters. The van der Waals surface area contributed by atoms with Crippen LogP contribution in [0, 0.1) is 0 Å². The molecule has 2 aromatic rings. The zero-order valence-corrected chi connectivity index (χ0v) is 16.1. The number of hydrogen-bond acceptors (Lipinski definition) is 3. The summed E-state index contributed by atoms with van der Waals surface area (Å²) in [5.74, 6) is -1.00. The number of carboxylic acid groups (broad SMARTS) is 1. The zero-order valence-electron chi connectivity index (χ0n) is 13.6. The van der Waals surface area contributed by atoms with Crippen molar-refractivity contribution in [2.24, 2.45) is 0 Å². The van der Waals surface area contributed by atoms with Crippen molar-refractivity contribution in [3.63, 3.8) is 0 Å². The van der Waals surface area contributed by atoms with Gasteiger partial charge in [0.25, 0.3) is 0 Å². The molecule has 1 N–H and O–H groups in total. The first-order valence-electron chi connectivity index (χ1n) is 8.07. The van der Waals surface area contributed by atoms with Crippen LogP contribution in [0.2, 0.25) is 0 Å². The van der Waals surface area contributed by atoms with Crippen molar-refractivity contribution in [2.45, 2.75) is 12.8 Å². The molecule has 3 rings (SSSR count). The van der Waals surface area contributed by atoms with E-state index < -0.39 is 13.5 Å². The maximum absolute atomic E-state index is 13.4. The molecule has 1 atom stereocenters. The fourth-order valence-corrected chi connectivity index (χ4v) is 5.37. The minimum absolute atomic E-state index is 0.286. The third-order valence-electron chi connectivity index (χ3n) is 4.14. The smallest absolute Gasteiger partial charge is 0.318 e. The molecule has 0 saturated carbocycles. The van der Waals surface area contributed by atoms with E-state index in [0.717, 1.165) is 28.4 Å². The highest BCUT2D eigenvalue weighted by molar-refractivity contribution is 9.10. The van der Waals surface area contributed by atoms with Gasteiger partial charge in [-0.3, -0.25) is 9.36 Å². The van der Waals surface area contributed by atoms with Crippen LogP contribution in [0.25, 0.3) is 11.1 Å². The second-order valence-corrected chi connectivity index (χ2v) is 9.19. The lowest BCUT2D eigenvalue weighted by Gasteiger charge is -2.27. The fourth-order valence-electron chi connectivity index (χ4n) is 2.85. The Morgan fingerprint density at radius 3 is 2.28 bits per heavy atom. The molecule has 25 heavy (non-hydrogen) atoms. The van der Waals surface area contributed by atoms with Crippen molar-refractivity contribution in [1.82, 2.24) is 4.67 Å². The van der Waals surface area contributed by atoms with Crippen LogP contribution in [0.5, 0.6) is 0 Å². The number of carboxylic acids is 1. The van der Waals surface area contributed by atoms with Crippen LogP contribution in [-0.4, -0.2) is 35.4 Å². The number of hydrogen-bond donors (Lipinski definition) is 1. The van der Waals surface area contributed by atoms with Crippen molar-refractivity contribution in [1.29, 1.82) is 0 Å². The summed E-state index contributed by atoms with van der Waals surface area (Å²) in [6, 6.07) is 15.3. The summed E-state index contributed by atoms with van der Waals surface area (Å²) in [6.07, 6.45) is 1.55. The molecule has 0 spiro atoms. The van der Waals surface area contributed by atoms with E-state index in [-0.39, 0.29) is 6.54 Å². The quantitative estimate of drug-likeness (QED) is 0.748. The molecule has 132 valence electrons. The first-order chi connectivity index (χ1) is 12.0. The summed E-state index contributed by atoms with van der Waals surface area (Å²) in [4.78, 5) is 11.1. The van der Waals surface area contributed by atoms with Gasteiger partial charge in [0.2, 0.25) is 0 Å². The molecule has 7 heteroatoms. The van der Waals surface area contributed by atoms with Gasteiger partial charge in [-0.05, 0) is 48.2 Å². The normalized spacial score (nSPS) is 21.6. The number of nitrogens with zero attached hydrogens (tertiary/aromatic N) is 1. The van der Waals surface area contributed by atoms with Crippen LogP contribution in [0.15, 0.2) is 53.0 Å². The Morgan fingerprint density at radius 1 is 1.08 bits per heavy atom. The maximum Gasteiger partial charge on any atom is 0.318 e. The van der Waals surface area contributed by atoms with Crippen molar-refractivity contribution in [3.8, 4) is 11.1 Å². The molecule has 0 aromatic heterocycles. The lowest BCUT2D eigenvalue weighted by Crippen LogP contribution is -2.31. The number of aliphatic carboxylic acids is 1. The van der Waals surface area contributed by atoms with E-state index in [0.29, 0.717) is 18.5 Å². The van der Waals surface area contributed by atoms with Crippen molar-refractivity contribution in [3.05, 3.63) is 53.0 Å². The SMILES string of the molecule is O=C(O)CN1CCCCOP1(=O)c1ccc(-c2ccc(Br)cc2)cc1. The summed E-state index contributed by atoms with van der Waals surface area (Å²) >= 11 is 3.42. The largest absolute Gasteiger partial charge is 0.480 e. The van der Waals surface area contributed by atoms with E-state index in [1.54, 1.807) is 12.1 Å². The molecule has 0 bridgehead atoms. The van der Waals surface area contributed by atoms with E-state index in [4.69, 9.17) is 9.63 Å². The molecule has 0 aliphatic carbocycles. The number of halogens is 1. The van der Waals surface area contributed by atoms with E-state index in [1.807, 2.05) is 36.4 Å². The van der Waals surface area contributed by atoms with Gasteiger partial charge < -0.3 is 9.63 Å². The maximum atomic E-state index is 13.4. The molecular weight excluding hydrogens is 405 g/mol. The molecule has 2 aromatic carbocycles. The molecule has 0 radical (unpaired) electrons. The number of rotatable bonds is 4. The Morgan fingerprint density at radius 2 is 1.68 bits per heavy atom. The molecule has 1 aliphatic heterocycles. The predicted molar refractivity (Wildman–Crippen MR) is 101 cm³/mol. The number of carbonyl (C=O) groups is 1. The van der Waals surface area contributed by atoms with E-state index >= 15 is 0 Å². The van der Waals surface area contributed by atoms with Crippen LogP contribution in [0.1, 0.15) is 12.8 Å². The first kappa shape index (κ1) is 18.3. The van der Waals surface area contributed by atoms with Gasteiger partial charge in [-0.15, -0.1) is 0 Å². The molecule has 1 heterocycles. The summed E-state index contributed by atoms with van der Waals surface area (Å²) in [5, 5.41) is 9.67. The standard InChI is InChI=1S/C18H19BrNO4P/c19-16-7-3-14(4-8-16)15-5-9-17(10-6-15)25(23)20(13-18(21)22)11-1-2-12-24-25/h3-10H,1-2,11-13H2,(H,21,22). The van der Waals surface area contributed by atoms with Crippen LogP contribution >= 0.6 is 23.4 Å². The molecular formula is C18H19BrNO4P. The highest BCUT2D eigenvalue weighted by atomic mass is 79.9. The molecule has 0 amide bonds. The lowest BCUT2D eigenvalue weighted by atomic mass is 10.1. The van der Waals surface area contributed by atoms with Gasteiger partial charge >= 0.3 is 13.5 Å². The predicted octanol–water partition coefficient (Wildman–Crippen LogP) is 4.13. The lowest BCUT2D eigenvalue weighted by molar-refractivity contribution is -0.137. The summed E-state index contributed by atoms with van der Waals surface area (Å²) in [6.45, 7) is 0.547. The third-order valence-corrected chi connectivity index (χ3v) is 7.24. The minimum Gasteiger partial charge on any atom is -0.480 e. The van der Waals surface area contributed by atoms with E-state index in [1.165, 1.54) is 4.67 Å². The topological polar surface area (TPSA) is 66.8 Å². The highest BCUT2D eigenvalue weighted by Crippen LogP contribution is 2.51. The second kappa shape index (κ2) is 7.83. The highest BCUT2D eigenvalue weighted by Gasteiger charge is 2.36.